The van der Waals surface area contributed by atoms with Crippen molar-refractivity contribution in [2.45, 2.75) is 19.8 Å². The van der Waals surface area contributed by atoms with Gasteiger partial charge in [0.2, 0.25) is 0 Å². The quantitative estimate of drug-likeness (QED) is 0.928. The minimum Gasteiger partial charge on any atom is -0.481 e. The Morgan fingerprint density at radius 2 is 2.17 bits per heavy atom. The number of piperidine rings is 1. The first-order valence-corrected chi connectivity index (χ1v) is 7.54. The van der Waals surface area contributed by atoms with Crippen molar-refractivity contribution in [2.75, 3.05) is 13.1 Å². The number of carbonyl (C=O) groups is 2. The van der Waals surface area contributed by atoms with E-state index < -0.39 is 11.9 Å². The Morgan fingerprint density at radius 3 is 2.83 bits per heavy atom. The van der Waals surface area contributed by atoms with E-state index in [4.69, 9.17) is 5.11 Å². The maximum Gasteiger partial charge on any atom is 0.308 e. The molecule has 2 aromatic rings. The smallest absolute Gasteiger partial charge is 0.308 e. The molecule has 2 heterocycles. The molecule has 1 aliphatic heterocycles. The molecule has 0 radical (unpaired) electrons. The third kappa shape index (κ3) is 3.08. The number of amides is 1. The maximum absolute atomic E-state index is 12.6. The molecule has 0 spiro atoms. The Morgan fingerprint density at radius 1 is 1.35 bits per heavy atom. The normalized spacial score (nSPS) is 18.0. The van der Waals surface area contributed by atoms with Crippen molar-refractivity contribution < 1.29 is 14.7 Å². The summed E-state index contributed by atoms with van der Waals surface area (Å²) in [6.07, 6.45) is 4.41. The summed E-state index contributed by atoms with van der Waals surface area (Å²) in [6.45, 7) is 2.79. The van der Waals surface area contributed by atoms with E-state index in [1.54, 1.807) is 22.0 Å². The number of aliphatic carboxylic acids is 1. The lowest BCUT2D eigenvalue weighted by molar-refractivity contribution is -0.143. The zero-order valence-electron chi connectivity index (χ0n) is 12.8. The van der Waals surface area contributed by atoms with Crippen LogP contribution < -0.4 is 0 Å². The van der Waals surface area contributed by atoms with Gasteiger partial charge in [-0.05, 0) is 43.5 Å². The number of likely N-dealkylation sites (tertiary alicyclic amines) is 1. The van der Waals surface area contributed by atoms with Gasteiger partial charge in [-0.3, -0.25) is 9.59 Å². The minimum atomic E-state index is -0.833. The summed E-state index contributed by atoms with van der Waals surface area (Å²) in [6, 6.07) is 5.39. The number of hydrogen-bond acceptors (Lipinski definition) is 4. The lowest BCUT2D eigenvalue weighted by Crippen LogP contribution is -2.42. The van der Waals surface area contributed by atoms with Crippen molar-refractivity contribution in [2.24, 2.45) is 5.92 Å². The van der Waals surface area contributed by atoms with Crippen LogP contribution in [-0.2, 0) is 4.79 Å². The second kappa shape index (κ2) is 6.20. The van der Waals surface area contributed by atoms with Gasteiger partial charge in [-0.25, -0.2) is 9.67 Å². The number of rotatable bonds is 3. The fraction of sp³-hybridized carbons (Fsp3) is 0.375. The monoisotopic (exact) mass is 314 g/mol. The van der Waals surface area contributed by atoms with Crippen molar-refractivity contribution in [3.05, 3.63) is 42.0 Å². The Balaban J connectivity index is 1.80. The highest BCUT2D eigenvalue weighted by Crippen LogP contribution is 2.21. The van der Waals surface area contributed by atoms with E-state index in [2.05, 4.69) is 10.1 Å². The number of nitrogens with zero attached hydrogens (tertiary/aromatic N) is 4. The van der Waals surface area contributed by atoms with Gasteiger partial charge in [0.05, 0.1) is 11.6 Å². The molecule has 1 aromatic carbocycles. The molecule has 1 fully saturated rings. The van der Waals surface area contributed by atoms with Gasteiger partial charge in [0.15, 0.2) is 0 Å². The lowest BCUT2D eigenvalue weighted by Gasteiger charge is -2.30. The first-order chi connectivity index (χ1) is 11.1. The number of carboxylic acid groups (broad SMARTS) is 1. The number of carbonyl (C=O) groups excluding carboxylic acids is 1. The van der Waals surface area contributed by atoms with Crippen LogP contribution >= 0.6 is 0 Å². The molecule has 0 aliphatic carbocycles. The van der Waals surface area contributed by atoms with Gasteiger partial charge in [0.1, 0.15) is 12.7 Å². The van der Waals surface area contributed by atoms with E-state index in [1.165, 1.54) is 6.33 Å². The summed E-state index contributed by atoms with van der Waals surface area (Å²) < 4.78 is 1.64. The second-order valence-electron chi connectivity index (χ2n) is 5.77. The van der Waals surface area contributed by atoms with Crippen LogP contribution in [0.25, 0.3) is 5.69 Å². The van der Waals surface area contributed by atoms with Crippen LogP contribution in [-0.4, -0.2) is 49.7 Å². The topological polar surface area (TPSA) is 88.3 Å². The predicted octanol–water partition coefficient (Wildman–Crippen LogP) is 1.51. The van der Waals surface area contributed by atoms with E-state index >= 15 is 0 Å². The van der Waals surface area contributed by atoms with Crippen molar-refractivity contribution in [3.8, 4) is 5.69 Å². The van der Waals surface area contributed by atoms with Gasteiger partial charge < -0.3 is 10.0 Å². The standard InChI is InChI=1S/C16H18N4O3/c1-11-7-12(4-5-14(11)20-10-17-9-18-20)15(21)19-6-2-3-13(8-19)16(22)23/h4-5,7,9-10,13H,2-3,6,8H2,1H3,(H,22,23)/t13-/m0/s1. The molecule has 1 aromatic heterocycles. The van der Waals surface area contributed by atoms with Crippen molar-refractivity contribution in [1.29, 1.82) is 0 Å². The average molecular weight is 314 g/mol. The Bertz CT molecular complexity index is 727. The molecule has 1 atom stereocenters. The molecule has 3 rings (SSSR count). The number of hydrogen-bond donors (Lipinski definition) is 1. The van der Waals surface area contributed by atoms with Crippen LogP contribution in [0.3, 0.4) is 0 Å². The van der Waals surface area contributed by atoms with E-state index in [1.807, 2.05) is 19.1 Å². The van der Waals surface area contributed by atoms with Gasteiger partial charge >= 0.3 is 5.97 Å². The molecule has 7 heteroatoms. The fourth-order valence-corrected chi connectivity index (χ4v) is 2.92. The number of benzene rings is 1. The summed E-state index contributed by atoms with van der Waals surface area (Å²) in [5.74, 6) is -1.42. The first kappa shape index (κ1) is 15.2. The van der Waals surface area contributed by atoms with Crippen LogP contribution in [0.2, 0.25) is 0 Å². The molecule has 1 aliphatic rings. The molecule has 7 nitrogen and oxygen atoms in total. The summed E-state index contributed by atoms with van der Waals surface area (Å²) in [4.78, 5) is 29.3. The summed E-state index contributed by atoms with van der Waals surface area (Å²) in [5.41, 5.74) is 2.34. The Labute approximate surface area is 133 Å². The van der Waals surface area contributed by atoms with E-state index in [-0.39, 0.29) is 12.5 Å². The summed E-state index contributed by atoms with van der Waals surface area (Å²) in [7, 11) is 0. The molecule has 0 unspecified atom stereocenters. The van der Waals surface area contributed by atoms with Crippen molar-refractivity contribution in [1.82, 2.24) is 19.7 Å². The Hall–Kier alpha value is -2.70. The predicted molar refractivity (Wildman–Crippen MR) is 82.4 cm³/mol. The molecule has 120 valence electrons. The number of aryl methyl sites for hydroxylation is 1. The highest BCUT2D eigenvalue weighted by molar-refractivity contribution is 5.95. The van der Waals surface area contributed by atoms with Crippen LogP contribution in [0.15, 0.2) is 30.9 Å². The average Bonchev–Trinajstić information content (AvgIpc) is 3.08. The fourth-order valence-electron chi connectivity index (χ4n) is 2.92. The van der Waals surface area contributed by atoms with Crippen LogP contribution in [0, 0.1) is 12.8 Å². The first-order valence-electron chi connectivity index (χ1n) is 7.54. The highest BCUT2D eigenvalue weighted by Gasteiger charge is 2.28. The molecular weight excluding hydrogens is 296 g/mol. The van der Waals surface area contributed by atoms with Crippen LogP contribution in [0.5, 0.6) is 0 Å². The molecule has 23 heavy (non-hydrogen) atoms. The minimum absolute atomic E-state index is 0.121. The van der Waals surface area contributed by atoms with E-state index in [0.29, 0.717) is 18.5 Å². The molecule has 1 N–H and O–H groups in total. The molecule has 1 amide bonds. The zero-order chi connectivity index (χ0) is 16.4. The van der Waals surface area contributed by atoms with Crippen molar-refractivity contribution in [3.63, 3.8) is 0 Å². The Kier molecular flexibility index (Phi) is 4.10. The molecule has 0 bridgehead atoms. The van der Waals surface area contributed by atoms with Gasteiger partial charge in [-0.1, -0.05) is 0 Å². The third-order valence-electron chi connectivity index (χ3n) is 4.17. The zero-order valence-corrected chi connectivity index (χ0v) is 12.8. The maximum atomic E-state index is 12.6. The molecule has 0 saturated carbocycles. The summed E-state index contributed by atoms with van der Waals surface area (Å²) >= 11 is 0. The summed E-state index contributed by atoms with van der Waals surface area (Å²) in [5, 5.41) is 13.2. The van der Waals surface area contributed by atoms with Gasteiger partial charge in [-0.2, -0.15) is 5.10 Å². The number of carboxylic acids is 1. The van der Waals surface area contributed by atoms with Crippen molar-refractivity contribution >= 4 is 11.9 Å². The molecule has 1 saturated heterocycles. The van der Waals surface area contributed by atoms with Gasteiger partial charge in [-0.15, -0.1) is 0 Å². The SMILES string of the molecule is Cc1cc(C(=O)N2CCC[C@H](C(=O)O)C2)ccc1-n1cncn1. The number of aromatic nitrogens is 3. The van der Waals surface area contributed by atoms with Gasteiger partial charge in [0, 0.05) is 18.7 Å². The third-order valence-corrected chi connectivity index (χ3v) is 4.17. The highest BCUT2D eigenvalue weighted by atomic mass is 16.4. The van der Waals surface area contributed by atoms with E-state index in [0.717, 1.165) is 17.7 Å². The van der Waals surface area contributed by atoms with E-state index in [9.17, 15) is 9.59 Å². The van der Waals surface area contributed by atoms with Crippen LogP contribution in [0.1, 0.15) is 28.8 Å². The van der Waals surface area contributed by atoms with Crippen LogP contribution in [0.4, 0.5) is 0 Å². The second-order valence-corrected chi connectivity index (χ2v) is 5.77. The largest absolute Gasteiger partial charge is 0.481 e. The molecular formula is C16H18N4O3. The van der Waals surface area contributed by atoms with Gasteiger partial charge in [0.25, 0.3) is 5.91 Å². The lowest BCUT2D eigenvalue weighted by atomic mass is 9.97.